The van der Waals surface area contributed by atoms with E-state index in [9.17, 15) is 4.39 Å². The van der Waals surface area contributed by atoms with Gasteiger partial charge in [0, 0.05) is 17.5 Å². The molecule has 3 rings (SSSR count). The number of anilines is 1. The molecule has 0 unspecified atom stereocenters. The van der Waals surface area contributed by atoms with E-state index < -0.39 is 0 Å². The lowest BCUT2D eigenvalue weighted by molar-refractivity contribution is 0.404. The Bertz CT molecular complexity index is 818. The highest BCUT2D eigenvalue weighted by Crippen LogP contribution is 2.35. The van der Waals surface area contributed by atoms with Crippen LogP contribution in [-0.4, -0.2) is 19.2 Å². The van der Waals surface area contributed by atoms with Crippen molar-refractivity contribution in [1.82, 2.24) is 4.98 Å². The molecule has 3 aromatic rings. The van der Waals surface area contributed by atoms with Gasteiger partial charge in [-0.25, -0.2) is 9.37 Å². The molecular weight excluding hydrogens is 327 g/mol. The number of halogens is 1. The van der Waals surface area contributed by atoms with Crippen LogP contribution >= 0.6 is 11.3 Å². The quantitative estimate of drug-likeness (QED) is 0.711. The Morgan fingerprint density at radius 1 is 1.08 bits per heavy atom. The molecule has 6 heteroatoms. The summed E-state index contributed by atoms with van der Waals surface area (Å²) < 4.78 is 23.6. The van der Waals surface area contributed by atoms with Gasteiger partial charge >= 0.3 is 0 Å². The molecule has 2 aromatic carbocycles. The summed E-state index contributed by atoms with van der Waals surface area (Å²) in [6, 6.07) is 12.0. The van der Waals surface area contributed by atoms with Crippen molar-refractivity contribution in [1.29, 1.82) is 0 Å². The van der Waals surface area contributed by atoms with Crippen molar-refractivity contribution >= 4 is 16.5 Å². The Balaban J connectivity index is 1.76. The van der Waals surface area contributed by atoms with E-state index in [0.717, 1.165) is 33.5 Å². The molecule has 124 valence electrons. The fourth-order valence-corrected chi connectivity index (χ4v) is 2.98. The second kappa shape index (κ2) is 7.31. The van der Waals surface area contributed by atoms with E-state index >= 15 is 0 Å². The molecule has 0 bridgehead atoms. The molecule has 0 aliphatic rings. The molecule has 0 aliphatic heterocycles. The van der Waals surface area contributed by atoms with Gasteiger partial charge in [-0.3, -0.25) is 0 Å². The number of hydrogen-bond donors (Lipinski definition) is 1. The average molecular weight is 344 g/mol. The van der Waals surface area contributed by atoms with E-state index in [4.69, 9.17) is 9.47 Å². The van der Waals surface area contributed by atoms with Crippen LogP contribution in [0.15, 0.2) is 47.8 Å². The second-order valence-electron chi connectivity index (χ2n) is 5.08. The molecule has 4 nitrogen and oxygen atoms in total. The lowest BCUT2D eigenvalue weighted by atomic mass is 10.1. The Morgan fingerprint density at radius 3 is 2.58 bits per heavy atom. The minimum absolute atomic E-state index is 0.236. The number of methoxy groups -OCH3 is 2. The van der Waals surface area contributed by atoms with Crippen molar-refractivity contribution in [3.63, 3.8) is 0 Å². The molecule has 0 aliphatic carbocycles. The van der Waals surface area contributed by atoms with Crippen LogP contribution in [0.5, 0.6) is 11.5 Å². The zero-order chi connectivity index (χ0) is 16.9. The van der Waals surface area contributed by atoms with Crippen LogP contribution in [0.3, 0.4) is 0 Å². The van der Waals surface area contributed by atoms with Gasteiger partial charge in [0.15, 0.2) is 5.13 Å². The fourth-order valence-electron chi connectivity index (χ4n) is 2.27. The predicted octanol–water partition coefficient (Wildman–Crippen LogP) is 4.58. The van der Waals surface area contributed by atoms with E-state index in [-0.39, 0.29) is 5.82 Å². The highest BCUT2D eigenvalue weighted by atomic mass is 32.1. The monoisotopic (exact) mass is 344 g/mol. The number of hydrogen-bond acceptors (Lipinski definition) is 5. The Labute approximate surface area is 143 Å². The lowest BCUT2D eigenvalue weighted by Gasteiger charge is -2.08. The average Bonchev–Trinajstić information content (AvgIpc) is 3.09. The summed E-state index contributed by atoms with van der Waals surface area (Å²) in [5.74, 6) is 1.26. The maximum atomic E-state index is 12.9. The van der Waals surface area contributed by atoms with Gasteiger partial charge in [-0.1, -0.05) is 12.1 Å². The van der Waals surface area contributed by atoms with Crippen molar-refractivity contribution in [3.8, 4) is 22.8 Å². The molecule has 1 N–H and O–H groups in total. The zero-order valence-corrected chi connectivity index (χ0v) is 14.2. The number of thiazole rings is 1. The van der Waals surface area contributed by atoms with Crippen molar-refractivity contribution in [2.24, 2.45) is 0 Å². The number of rotatable bonds is 6. The molecule has 1 heterocycles. The van der Waals surface area contributed by atoms with Crippen LogP contribution in [0.2, 0.25) is 0 Å². The van der Waals surface area contributed by atoms with E-state index in [1.54, 1.807) is 26.4 Å². The van der Waals surface area contributed by atoms with Gasteiger partial charge in [-0.05, 0) is 35.9 Å². The third-order valence-electron chi connectivity index (χ3n) is 3.54. The smallest absolute Gasteiger partial charge is 0.183 e. The molecular formula is C18H17FN2O2S. The first-order chi connectivity index (χ1) is 11.7. The molecule has 0 saturated heterocycles. The maximum Gasteiger partial charge on any atom is 0.183 e. The van der Waals surface area contributed by atoms with Crippen LogP contribution in [-0.2, 0) is 6.54 Å². The molecule has 0 spiro atoms. The minimum atomic E-state index is -0.236. The first-order valence-electron chi connectivity index (χ1n) is 7.36. The molecule has 0 radical (unpaired) electrons. The van der Waals surface area contributed by atoms with Crippen molar-refractivity contribution < 1.29 is 13.9 Å². The topological polar surface area (TPSA) is 43.4 Å². The number of nitrogens with one attached hydrogen (secondary N) is 1. The van der Waals surface area contributed by atoms with Crippen molar-refractivity contribution in [2.45, 2.75) is 6.54 Å². The Hall–Kier alpha value is -2.60. The highest BCUT2D eigenvalue weighted by Gasteiger charge is 2.11. The van der Waals surface area contributed by atoms with Gasteiger partial charge in [-0.15, -0.1) is 11.3 Å². The van der Waals surface area contributed by atoms with E-state index in [2.05, 4.69) is 10.3 Å². The number of nitrogens with zero attached hydrogens (tertiary/aromatic N) is 1. The summed E-state index contributed by atoms with van der Waals surface area (Å²) in [5.41, 5.74) is 2.69. The van der Waals surface area contributed by atoms with Gasteiger partial charge in [-0.2, -0.15) is 0 Å². The highest BCUT2D eigenvalue weighted by molar-refractivity contribution is 7.14. The van der Waals surface area contributed by atoms with Gasteiger partial charge in [0.2, 0.25) is 0 Å². The van der Waals surface area contributed by atoms with Crippen LogP contribution in [0.25, 0.3) is 11.3 Å². The Kier molecular flexibility index (Phi) is 4.96. The molecule has 0 atom stereocenters. The molecule has 1 aromatic heterocycles. The van der Waals surface area contributed by atoms with Gasteiger partial charge in [0.1, 0.15) is 17.3 Å². The van der Waals surface area contributed by atoms with Crippen LogP contribution < -0.4 is 14.8 Å². The summed E-state index contributed by atoms with van der Waals surface area (Å²) in [6.07, 6.45) is 0. The lowest BCUT2D eigenvalue weighted by Crippen LogP contribution is -1.99. The normalized spacial score (nSPS) is 10.5. The number of benzene rings is 2. The van der Waals surface area contributed by atoms with Gasteiger partial charge in [0.05, 0.1) is 19.9 Å². The third kappa shape index (κ3) is 3.65. The SMILES string of the molecule is COc1ccc(OC)c(-c2csc(NCc3ccc(F)cc3)n2)c1. The second-order valence-corrected chi connectivity index (χ2v) is 5.94. The van der Waals surface area contributed by atoms with Crippen LogP contribution in [0.4, 0.5) is 9.52 Å². The number of ether oxygens (including phenoxy) is 2. The summed E-state index contributed by atoms with van der Waals surface area (Å²) in [6.45, 7) is 0.586. The van der Waals surface area contributed by atoms with Crippen LogP contribution in [0.1, 0.15) is 5.56 Å². The van der Waals surface area contributed by atoms with Gasteiger partial charge in [0.25, 0.3) is 0 Å². The number of aromatic nitrogens is 1. The van der Waals surface area contributed by atoms with Gasteiger partial charge < -0.3 is 14.8 Å². The molecule has 24 heavy (non-hydrogen) atoms. The summed E-state index contributed by atoms with van der Waals surface area (Å²) in [4.78, 5) is 4.59. The predicted molar refractivity (Wildman–Crippen MR) is 94.4 cm³/mol. The van der Waals surface area contributed by atoms with E-state index in [1.807, 2.05) is 23.6 Å². The minimum Gasteiger partial charge on any atom is -0.497 e. The van der Waals surface area contributed by atoms with Crippen LogP contribution in [0, 0.1) is 5.82 Å². The third-order valence-corrected chi connectivity index (χ3v) is 4.34. The maximum absolute atomic E-state index is 12.9. The molecule has 0 saturated carbocycles. The summed E-state index contributed by atoms with van der Waals surface area (Å²) in [7, 11) is 3.26. The first-order valence-corrected chi connectivity index (χ1v) is 8.24. The van der Waals surface area contributed by atoms with Crippen molar-refractivity contribution in [2.75, 3.05) is 19.5 Å². The zero-order valence-electron chi connectivity index (χ0n) is 13.4. The summed E-state index contributed by atoms with van der Waals surface area (Å²) in [5, 5.41) is 6.00. The first kappa shape index (κ1) is 16.3. The standard InChI is InChI=1S/C18H17FN2O2S/c1-22-14-7-8-17(23-2)15(9-14)16-11-24-18(21-16)20-10-12-3-5-13(19)6-4-12/h3-9,11H,10H2,1-2H3,(H,20,21). The Morgan fingerprint density at radius 2 is 1.88 bits per heavy atom. The fraction of sp³-hybridized carbons (Fsp3) is 0.167. The van der Waals surface area contributed by atoms with E-state index in [1.165, 1.54) is 23.5 Å². The largest absolute Gasteiger partial charge is 0.497 e. The van der Waals surface area contributed by atoms with E-state index in [0.29, 0.717) is 6.54 Å². The molecule has 0 fully saturated rings. The summed E-state index contributed by atoms with van der Waals surface area (Å²) >= 11 is 1.51. The van der Waals surface area contributed by atoms with Crippen molar-refractivity contribution in [3.05, 3.63) is 59.2 Å². The molecule has 0 amide bonds.